The molecule has 3 rings (SSSR count). The zero-order chi connectivity index (χ0) is 18.7. The number of halogens is 2. The van der Waals surface area contributed by atoms with Crippen LogP contribution < -0.4 is 0 Å². The highest BCUT2D eigenvalue weighted by molar-refractivity contribution is 6.35. The second-order valence-electron chi connectivity index (χ2n) is 5.04. The van der Waals surface area contributed by atoms with Crippen LogP contribution in [0.5, 0.6) is 0 Å². The molecule has 132 valence electrons. The number of non-ortho nitro benzene ring substituents is 1. The lowest BCUT2D eigenvalue weighted by Crippen LogP contribution is -2.05. The molecule has 0 bridgehead atoms. The second kappa shape index (κ2) is 7.51. The van der Waals surface area contributed by atoms with Gasteiger partial charge in [0, 0.05) is 27.7 Å². The molecule has 0 atom stereocenters. The number of hydrogen-bond donors (Lipinski definition) is 0. The van der Waals surface area contributed by atoms with E-state index in [2.05, 4.69) is 10.2 Å². The second-order valence-corrected chi connectivity index (χ2v) is 5.91. The van der Waals surface area contributed by atoms with Crippen LogP contribution in [0, 0.1) is 10.1 Å². The molecule has 0 amide bonds. The Hall–Kier alpha value is -2.97. The molecule has 2 aromatic carbocycles. The summed E-state index contributed by atoms with van der Waals surface area (Å²) in [6.45, 7) is -0.247. The van der Waals surface area contributed by atoms with E-state index in [0.717, 1.165) is 0 Å². The average Bonchev–Trinajstić information content (AvgIpc) is 3.08. The Labute approximate surface area is 156 Å². The van der Waals surface area contributed by atoms with E-state index in [-0.39, 0.29) is 29.6 Å². The van der Waals surface area contributed by atoms with Gasteiger partial charge in [0.25, 0.3) is 11.6 Å². The van der Waals surface area contributed by atoms with Gasteiger partial charge in [-0.2, -0.15) is 0 Å². The van der Waals surface area contributed by atoms with E-state index >= 15 is 0 Å². The number of ether oxygens (including phenoxy) is 1. The molecule has 8 nitrogen and oxygen atoms in total. The normalized spacial score (nSPS) is 10.5. The quantitative estimate of drug-likeness (QED) is 0.360. The fraction of sp³-hybridized carbons (Fsp3) is 0.0625. The molecule has 0 fully saturated rings. The van der Waals surface area contributed by atoms with Crippen molar-refractivity contribution in [3.63, 3.8) is 0 Å². The lowest BCUT2D eigenvalue weighted by atomic mass is 10.2. The van der Waals surface area contributed by atoms with E-state index in [0.29, 0.717) is 15.6 Å². The van der Waals surface area contributed by atoms with Gasteiger partial charge in [0.15, 0.2) is 6.61 Å². The molecule has 0 unspecified atom stereocenters. The Morgan fingerprint density at radius 2 is 1.77 bits per heavy atom. The van der Waals surface area contributed by atoms with Crippen LogP contribution in [-0.2, 0) is 11.3 Å². The van der Waals surface area contributed by atoms with Crippen molar-refractivity contribution in [2.24, 2.45) is 0 Å². The molecular formula is C16H9Cl2N3O5. The third kappa shape index (κ3) is 4.16. The van der Waals surface area contributed by atoms with Crippen LogP contribution in [0.1, 0.15) is 16.2 Å². The summed E-state index contributed by atoms with van der Waals surface area (Å²) in [5.41, 5.74) is 0.641. The smallest absolute Gasteiger partial charge is 0.338 e. The van der Waals surface area contributed by atoms with Gasteiger partial charge in [0.1, 0.15) is 0 Å². The molecule has 0 saturated heterocycles. The monoisotopic (exact) mass is 393 g/mol. The predicted molar refractivity (Wildman–Crippen MR) is 92.0 cm³/mol. The summed E-state index contributed by atoms with van der Waals surface area (Å²) in [5.74, 6) is -0.430. The maximum Gasteiger partial charge on any atom is 0.338 e. The van der Waals surface area contributed by atoms with Gasteiger partial charge >= 0.3 is 5.97 Å². The average molecular weight is 394 g/mol. The van der Waals surface area contributed by atoms with Crippen molar-refractivity contribution in [1.29, 1.82) is 0 Å². The van der Waals surface area contributed by atoms with Crippen LogP contribution >= 0.6 is 23.2 Å². The molecule has 0 N–H and O–H groups in total. The van der Waals surface area contributed by atoms with Gasteiger partial charge in [-0.25, -0.2) is 4.79 Å². The van der Waals surface area contributed by atoms with Gasteiger partial charge in [0.2, 0.25) is 5.89 Å². The Balaban J connectivity index is 1.66. The molecule has 3 aromatic rings. The Bertz CT molecular complexity index is 952. The number of nitro groups is 1. The number of benzene rings is 2. The van der Waals surface area contributed by atoms with Crippen LogP contribution in [0.4, 0.5) is 5.69 Å². The molecule has 1 heterocycles. The van der Waals surface area contributed by atoms with Crippen molar-refractivity contribution in [3.05, 3.63) is 74.1 Å². The maximum atomic E-state index is 12.0. The lowest BCUT2D eigenvalue weighted by Gasteiger charge is -2.03. The van der Waals surface area contributed by atoms with Crippen molar-refractivity contribution in [3.8, 4) is 11.5 Å². The molecule has 1 aromatic heterocycles. The molecule has 0 aliphatic rings. The minimum Gasteiger partial charge on any atom is -0.452 e. The fourth-order valence-corrected chi connectivity index (χ4v) is 2.56. The summed E-state index contributed by atoms with van der Waals surface area (Å²) in [6, 6.07) is 9.95. The fourth-order valence-electron chi connectivity index (χ4n) is 2.04. The minimum absolute atomic E-state index is 0.0531. The van der Waals surface area contributed by atoms with Gasteiger partial charge in [-0.05, 0) is 30.3 Å². The highest BCUT2D eigenvalue weighted by Crippen LogP contribution is 2.22. The summed E-state index contributed by atoms with van der Waals surface area (Å²) in [4.78, 5) is 22.1. The Morgan fingerprint density at radius 1 is 1.12 bits per heavy atom. The Kier molecular flexibility index (Phi) is 5.15. The van der Waals surface area contributed by atoms with E-state index < -0.39 is 10.9 Å². The number of aromatic nitrogens is 2. The van der Waals surface area contributed by atoms with Gasteiger partial charge in [0.05, 0.1) is 10.5 Å². The standard InChI is InChI=1S/C16H9Cl2N3O5/c17-11-5-10(6-12(18)7-11)16(22)25-8-14-19-20-15(26-14)9-1-3-13(4-2-9)21(23)24/h1-7H,8H2. The van der Waals surface area contributed by atoms with E-state index in [9.17, 15) is 14.9 Å². The van der Waals surface area contributed by atoms with E-state index in [1.54, 1.807) is 0 Å². The highest BCUT2D eigenvalue weighted by atomic mass is 35.5. The zero-order valence-corrected chi connectivity index (χ0v) is 14.4. The zero-order valence-electron chi connectivity index (χ0n) is 12.9. The van der Waals surface area contributed by atoms with Crippen LogP contribution in [0.3, 0.4) is 0 Å². The van der Waals surface area contributed by atoms with E-state index in [1.807, 2.05) is 0 Å². The molecule has 26 heavy (non-hydrogen) atoms. The van der Waals surface area contributed by atoms with Crippen LogP contribution in [0.15, 0.2) is 46.9 Å². The van der Waals surface area contributed by atoms with E-state index in [1.165, 1.54) is 42.5 Å². The lowest BCUT2D eigenvalue weighted by molar-refractivity contribution is -0.384. The number of esters is 1. The summed E-state index contributed by atoms with van der Waals surface area (Å²) in [6.07, 6.45) is 0. The van der Waals surface area contributed by atoms with Crippen molar-refractivity contribution < 1.29 is 18.9 Å². The summed E-state index contributed by atoms with van der Waals surface area (Å²) >= 11 is 11.7. The van der Waals surface area contributed by atoms with Crippen molar-refractivity contribution in [2.75, 3.05) is 0 Å². The highest BCUT2D eigenvalue weighted by Gasteiger charge is 2.14. The topological polar surface area (TPSA) is 108 Å². The van der Waals surface area contributed by atoms with Crippen molar-refractivity contribution in [1.82, 2.24) is 10.2 Å². The molecule has 0 radical (unpaired) electrons. The number of rotatable bonds is 5. The Morgan fingerprint density at radius 3 is 2.38 bits per heavy atom. The first-order chi connectivity index (χ1) is 12.4. The van der Waals surface area contributed by atoms with Gasteiger partial charge < -0.3 is 9.15 Å². The first-order valence-electron chi connectivity index (χ1n) is 7.13. The number of carbonyl (C=O) groups is 1. The third-order valence-electron chi connectivity index (χ3n) is 3.22. The number of hydrogen-bond acceptors (Lipinski definition) is 7. The molecular weight excluding hydrogens is 385 g/mol. The summed E-state index contributed by atoms with van der Waals surface area (Å²) in [5, 5.41) is 18.9. The maximum absolute atomic E-state index is 12.0. The van der Waals surface area contributed by atoms with Gasteiger partial charge in [-0.3, -0.25) is 10.1 Å². The predicted octanol–water partition coefficient (Wildman–Crippen LogP) is 4.31. The van der Waals surface area contributed by atoms with Gasteiger partial charge in [-0.1, -0.05) is 23.2 Å². The van der Waals surface area contributed by atoms with Crippen LogP contribution in [0.2, 0.25) is 10.0 Å². The molecule has 0 aliphatic carbocycles. The number of carbonyl (C=O) groups excluding carboxylic acids is 1. The molecule has 0 saturated carbocycles. The first-order valence-corrected chi connectivity index (χ1v) is 7.88. The summed E-state index contributed by atoms with van der Waals surface area (Å²) in [7, 11) is 0. The van der Waals surface area contributed by atoms with Crippen LogP contribution in [0.25, 0.3) is 11.5 Å². The van der Waals surface area contributed by atoms with E-state index in [4.69, 9.17) is 32.4 Å². The molecule has 10 heteroatoms. The van der Waals surface area contributed by atoms with Crippen molar-refractivity contribution in [2.45, 2.75) is 6.61 Å². The first kappa shape index (κ1) is 17.8. The van der Waals surface area contributed by atoms with Gasteiger partial charge in [-0.15, -0.1) is 10.2 Å². The minimum atomic E-state index is -0.649. The number of nitro benzene ring substituents is 1. The van der Waals surface area contributed by atoms with Crippen LogP contribution in [-0.4, -0.2) is 21.1 Å². The number of nitrogens with zero attached hydrogens (tertiary/aromatic N) is 3. The largest absolute Gasteiger partial charge is 0.452 e. The molecule has 0 aliphatic heterocycles. The summed E-state index contributed by atoms with van der Waals surface area (Å²) < 4.78 is 10.5. The molecule has 0 spiro atoms. The SMILES string of the molecule is O=C(OCc1nnc(-c2ccc([N+](=O)[O-])cc2)o1)c1cc(Cl)cc(Cl)c1. The third-order valence-corrected chi connectivity index (χ3v) is 3.65. The van der Waals surface area contributed by atoms with Crippen molar-refractivity contribution >= 4 is 34.9 Å².